The summed E-state index contributed by atoms with van der Waals surface area (Å²) in [6.07, 6.45) is 6.97. The fourth-order valence-electron chi connectivity index (χ4n) is 3.54. The van der Waals surface area contributed by atoms with Crippen molar-refractivity contribution in [3.8, 4) is 0 Å². The summed E-state index contributed by atoms with van der Waals surface area (Å²) in [5, 5.41) is 3.15. The number of imidazole rings is 1. The molecule has 0 radical (unpaired) electrons. The van der Waals surface area contributed by atoms with Gasteiger partial charge in [-0.25, -0.2) is 4.98 Å². The van der Waals surface area contributed by atoms with E-state index in [1.54, 1.807) is 11.1 Å². The predicted molar refractivity (Wildman–Crippen MR) is 82.1 cm³/mol. The van der Waals surface area contributed by atoms with Gasteiger partial charge in [0.2, 0.25) is 11.8 Å². The first kappa shape index (κ1) is 15.1. The Balaban J connectivity index is 1.66. The number of hydrogen-bond donors (Lipinski definition) is 1. The summed E-state index contributed by atoms with van der Waals surface area (Å²) in [6, 6.07) is -0.229. The molecule has 1 N–H and O–H groups in total. The number of carbonyl (C=O) groups excluding carboxylic acids is 2. The smallest absolute Gasteiger partial charge is 0.243 e. The lowest BCUT2D eigenvalue weighted by atomic mass is 10.00. The van der Waals surface area contributed by atoms with Gasteiger partial charge in [-0.2, -0.15) is 0 Å². The minimum Gasteiger partial charge on any atom is -0.350 e. The van der Waals surface area contributed by atoms with Crippen molar-refractivity contribution < 1.29 is 9.59 Å². The maximum absolute atomic E-state index is 12.7. The summed E-state index contributed by atoms with van der Waals surface area (Å²) in [5.74, 6) is 1.29. The SMILES string of the molecule is CC(C)[C@H](C(=O)N[C@H]1CCc2nccn2C1)N1CCCC1=O. The maximum atomic E-state index is 12.7. The summed E-state index contributed by atoms with van der Waals surface area (Å²) in [7, 11) is 0. The number of hydrogen-bond acceptors (Lipinski definition) is 3. The largest absolute Gasteiger partial charge is 0.350 e. The normalized spacial score (nSPS) is 22.8. The zero-order valence-electron chi connectivity index (χ0n) is 13.3. The van der Waals surface area contributed by atoms with Crippen LogP contribution < -0.4 is 5.32 Å². The molecule has 22 heavy (non-hydrogen) atoms. The summed E-state index contributed by atoms with van der Waals surface area (Å²) >= 11 is 0. The number of aromatic nitrogens is 2. The Labute approximate surface area is 130 Å². The highest BCUT2D eigenvalue weighted by atomic mass is 16.2. The molecule has 3 rings (SSSR count). The van der Waals surface area contributed by atoms with Crippen LogP contribution in [-0.4, -0.2) is 44.9 Å². The second-order valence-corrected chi connectivity index (χ2v) is 6.62. The summed E-state index contributed by atoms with van der Waals surface area (Å²) < 4.78 is 2.10. The van der Waals surface area contributed by atoms with Crippen molar-refractivity contribution in [1.82, 2.24) is 19.8 Å². The third-order valence-corrected chi connectivity index (χ3v) is 4.63. The molecule has 1 aromatic rings. The molecule has 0 unspecified atom stereocenters. The molecule has 0 aromatic carbocycles. The van der Waals surface area contributed by atoms with Crippen molar-refractivity contribution >= 4 is 11.8 Å². The van der Waals surface area contributed by atoms with Gasteiger partial charge in [-0.05, 0) is 18.8 Å². The Morgan fingerprint density at radius 1 is 1.41 bits per heavy atom. The van der Waals surface area contributed by atoms with E-state index >= 15 is 0 Å². The molecule has 1 saturated heterocycles. The average Bonchev–Trinajstić information content (AvgIpc) is 3.08. The van der Waals surface area contributed by atoms with Gasteiger partial charge in [0.25, 0.3) is 0 Å². The lowest BCUT2D eigenvalue weighted by molar-refractivity contribution is -0.139. The second kappa shape index (κ2) is 6.10. The number of nitrogens with one attached hydrogen (secondary N) is 1. The molecule has 0 spiro atoms. The molecule has 6 nitrogen and oxygen atoms in total. The van der Waals surface area contributed by atoms with Gasteiger partial charge in [0.1, 0.15) is 11.9 Å². The van der Waals surface area contributed by atoms with Gasteiger partial charge in [-0.3, -0.25) is 9.59 Å². The first-order valence-corrected chi connectivity index (χ1v) is 8.16. The second-order valence-electron chi connectivity index (χ2n) is 6.62. The van der Waals surface area contributed by atoms with Crippen LogP contribution in [0, 0.1) is 5.92 Å². The maximum Gasteiger partial charge on any atom is 0.243 e. The first-order valence-electron chi connectivity index (χ1n) is 8.16. The van der Waals surface area contributed by atoms with E-state index in [0.717, 1.165) is 31.6 Å². The van der Waals surface area contributed by atoms with E-state index in [0.29, 0.717) is 13.0 Å². The molecule has 3 heterocycles. The van der Waals surface area contributed by atoms with Crippen LogP contribution in [0.2, 0.25) is 0 Å². The monoisotopic (exact) mass is 304 g/mol. The van der Waals surface area contributed by atoms with Crippen molar-refractivity contribution in [2.45, 2.75) is 58.2 Å². The van der Waals surface area contributed by atoms with Crippen molar-refractivity contribution in [3.05, 3.63) is 18.2 Å². The fraction of sp³-hybridized carbons (Fsp3) is 0.688. The van der Waals surface area contributed by atoms with Crippen LogP contribution in [-0.2, 0) is 22.6 Å². The lowest BCUT2D eigenvalue weighted by Crippen LogP contribution is -2.53. The Bertz CT molecular complexity index is 566. The minimum atomic E-state index is -0.348. The van der Waals surface area contributed by atoms with Crippen molar-refractivity contribution in [3.63, 3.8) is 0 Å². The van der Waals surface area contributed by atoms with E-state index in [4.69, 9.17) is 0 Å². The van der Waals surface area contributed by atoms with Gasteiger partial charge in [-0.15, -0.1) is 0 Å². The van der Waals surface area contributed by atoms with Crippen LogP contribution in [0.4, 0.5) is 0 Å². The molecule has 6 heteroatoms. The van der Waals surface area contributed by atoms with Gasteiger partial charge < -0.3 is 14.8 Å². The van der Waals surface area contributed by atoms with Gasteiger partial charge >= 0.3 is 0 Å². The Morgan fingerprint density at radius 2 is 2.23 bits per heavy atom. The molecular weight excluding hydrogens is 280 g/mol. The van der Waals surface area contributed by atoms with Crippen molar-refractivity contribution in [1.29, 1.82) is 0 Å². The molecule has 2 aliphatic heterocycles. The van der Waals surface area contributed by atoms with Gasteiger partial charge in [0, 0.05) is 44.4 Å². The van der Waals surface area contributed by atoms with Gasteiger partial charge in [0.05, 0.1) is 0 Å². The number of amides is 2. The lowest BCUT2D eigenvalue weighted by Gasteiger charge is -2.32. The van der Waals surface area contributed by atoms with Crippen LogP contribution in [0.15, 0.2) is 12.4 Å². The molecule has 120 valence electrons. The summed E-state index contributed by atoms with van der Waals surface area (Å²) in [6.45, 7) is 5.47. The number of likely N-dealkylation sites (tertiary alicyclic amines) is 1. The van der Waals surface area contributed by atoms with Crippen LogP contribution >= 0.6 is 0 Å². The number of carbonyl (C=O) groups is 2. The third-order valence-electron chi connectivity index (χ3n) is 4.63. The Kier molecular flexibility index (Phi) is 4.18. The quantitative estimate of drug-likeness (QED) is 0.901. The molecule has 0 aliphatic carbocycles. The minimum absolute atomic E-state index is 0.0150. The highest BCUT2D eigenvalue weighted by molar-refractivity contribution is 5.89. The topological polar surface area (TPSA) is 67.2 Å². The van der Waals surface area contributed by atoms with Crippen LogP contribution in [0.25, 0.3) is 0 Å². The van der Waals surface area contributed by atoms with Crippen molar-refractivity contribution in [2.24, 2.45) is 5.92 Å². The summed E-state index contributed by atoms with van der Waals surface area (Å²) in [4.78, 5) is 30.7. The van der Waals surface area contributed by atoms with Crippen LogP contribution in [0.3, 0.4) is 0 Å². The standard InChI is InChI=1S/C16H24N4O2/c1-11(2)15(20-8-3-4-14(20)21)16(22)18-12-5-6-13-17-7-9-19(13)10-12/h7,9,11-12,15H,3-6,8,10H2,1-2H3,(H,18,22)/t12-,15+/m0/s1. The third kappa shape index (κ3) is 2.87. The first-order chi connectivity index (χ1) is 10.6. The molecule has 2 aliphatic rings. The molecule has 0 bridgehead atoms. The Morgan fingerprint density at radius 3 is 2.91 bits per heavy atom. The molecule has 2 atom stereocenters. The van der Waals surface area contributed by atoms with Crippen LogP contribution in [0.5, 0.6) is 0 Å². The number of fused-ring (bicyclic) bond motifs is 1. The van der Waals surface area contributed by atoms with Crippen LogP contribution in [0.1, 0.15) is 38.9 Å². The molecule has 1 fully saturated rings. The van der Waals surface area contributed by atoms with Gasteiger partial charge in [-0.1, -0.05) is 13.8 Å². The Hall–Kier alpha value is -1.85. The van der Waals surface area contributed by atoms with E-state index in [1.165, 1.54) is 0 Å². The number of rotatable bonds is 4. The fourth-order valence-corrected chi connectivity index (χ4v) is 3.54. The average molecular weight is 304 g/mol. The highest BCUT2D eigenvalue weighted by Crippen LogP contribution is 2.20. The van der Waals surface area contributed by atoms with Crippen molar-refractivity contribution in [2.75, 3.05) is 6.54 Å². The molecular formula is C16H24N4O2. The van der Waals surface area contributed by atoms with E-state index in [2.05, 4.69) is 14.9 Å². The summed E-state index contributed by atoms with van der Waals surface area (Å²) in [5.41, 5.74) is 0. The zero-order valence-corrected chi connectivity index (χ0v) is 13.3. The predicted octanol–water partition coefficient (Wildman–Crippen LogP) is 0.961. The number of aryl methyl sites for hydroxylation is 1. The molecule has 1 aromatic heterocycles. The molecule has 2 amide bonds. The van der Waals surface area contributed by atoms with Gasteiger partial charge in [0.15, 0.2) is 0 Å². The highest BCUT2D eigenvalue weighted by Gasteiger charge is 2.36. The van der Waals surface area contributed by atoms with E-state index in [9.17, 15) is 9.59 Å². The van der Waals surface area contributed by atoms with E-state index < -0.39 is 0 Å². The van der Waals surface area contributed by atoms with E-state index in [-0.39, 0.29) is 29.8 Å². The van der Waals surface area contributed by atoms with E-state index in [1.807, 2.05) is 20.0 Å². The zero-order chi connectivity index (χ0) is 15.7. The molecule has 0 saturated carbocycles. The number of nitrogens with zero attached hydrogens (tertiary/aromatic N) is 3.